The first kappa shape index (κ1) is 16.3. The van der Waals surface area contributed by atoms with E-state index in [2.05, 4.69) is 10.5 Å². The van der Waals surface area contributed by atoms with Gasteiger partial charge in [-0.1, -0.05) is 6.07 Å². The molecule has 0 saturated carbocycles. The first-order valence-electron chi connectivity index (χ1n) is 6.21. The van der Waals surface area contributed by atoms with Gasteiger partial charge in [0.1, 0.15) is 0 Å². The van der Waals surface area contributed by atoms with E-state index in [1.165, 1.54) is 24.4 Å². The number of alkyl halides is 3. The summed E-state index contributed by atoms with van der Waals surface area (Å²) in [5.41, 5.74) is 1.51. The van der Waals surface area contributed by atoms with Crippen molar-refractivity contribution in [1.82, 2.24) is 0 Å². The van der Waals surface area contributed by atoms with Gasteiger partial charge in [0.05, 0.1) is 22.4 Å². The number of benzene rings is 2. The lowest BCUT2D eigenvalue weighted by molar-refractivity contribution is -0.385. The normalized spacial score (nSPS) is 11.6. The molecule has 0 aromatic heterocycles. The zero-order valence-electron chi connectivity index (χ0n) is 11.4. The number of hydrogen-bond donors (Lipinski definition) is 2. The van der Waals surface area contributed by atoms with E-state index < -0.39 is 28.1 Å². The minimum absolute atomic E-state index is 0.115. The summed E-state index contributed by atoms with van der Waals surface area (Å²) in [5, 5.41) is 23.7. The number of aromatic hydroxyl groups is 1. The van der Waals surface area contributed by atoms with Crippen LogP contribution in [0, 0.1) is 10.1 Å². The van der Waals surface area contributed by atoms with Gasteiger partial charge in [-0.2, -0.15) is 18.3 Å². The van der Waals surface area contributed by atoms with E-state index in [-0.39, 0.29) is 5.69 Å². The van der Waals surface area contributed by atoms with Crippen LogP contribution in [0.5, 0.6) is 5.75 Å². The summed E-state index contributed by atoms with van der Waals surface area (Å²) in [6, 6.07) is 8.03. The van der Waals surface area contributed by atoms with Crippen molar-refractivity contribution in [3.63, 3.8) is 0 Å². The Morgan fingerprint density at radius 1 is 1.22 bits per heavy atom. The third-order valence-corrected chi connectivity index (χ3v) is 2.79. The van der Waals surface area contributed by atoms with Crippen LogP contribution < -0.4 is 5.43 Å². The van der Waals surface area contributed by atoms with Gasteiger partial charge in [-0.3, -0.25) is 15.5 Å². The molecule has 23 heavy (non-hydrogen) atoms. The highest BCUT2D eigenvalue weighted by Gasteiger charge is 2.30. The number of rotatable bonds is 4. The fraction of sp³-hybridized carbons (Fsp3) is 0.0714. The minimum Gasteiger partial charge on any atom is -0.502 e. The number of phenols is 1. The van der Waals surface area contributed by atoms with E-state index in [0.29, 0.717) is 5.56 Å². The van der Waals surface area contributed by atoms with E-state index in [0.717, 1.165) is 24.3 Å². The second-order valence-electron chi connectivity index (χ2n) is 4.45. The maximum absolute atomic E-state index is 12.6. The van der Waals surface area contributed by atoms with Crippen molar-refractivity contribution >= 4 is 17.6 Å². The molecule has 0 heterocycles. The second kappa shape index (κ2) is 6.34. The van der Waals surface area contributed by atoms with Gasteiger partial charge in [-0.15, -0.1) is 0 Å². The predicted octanol–water partition coefficient (Wildman–Crippen LogP) is 3.77. The molecule has 0 atom stereocenters. The van der Waals surface area contributed by atoms with Crippen LogP contribution >= 0.6 is 0 Å². The molecule has 9 heteroatoms. The number of hydrogen-bond acceptors (Lipinski definition) is 5. The van der Waals surface area contributed by atoms with Gasteiger partial charge in [-0.05, 0) is 30.3 Å². The monoisotopic (exact) mass is 325 g/mol. The average Bonchev–Trinajstić information content (AvgIpc) is 2.48. The van der Waals surface area contributed by atoms with Gasteiger partial charge in [0.15, 0.2) is 5.75 Å². The molecule has 0 spiro atoms. The summed E-state index contributed by atoms with van der Waals surface area (Å²) in [7, 11) is 0. The smallest absolute Gasteiger partial charge is 0.416 e. The second-order valence-corrected chi connectivity index (χ2v) is 4.45. The molecular weight excluding hydrogens is 315 g/mol. The standard InChI is InChI=1S/C14H10F3N3O3/c15-14(16,17)10-2-1-3-11(7-10)19-18-8-9-4-5-13(21)12(6-9)20(22)23/h1-8,19,21H. The Kier molecular flexibility index (Phi) is 4.49. The van der Waals surface area contributed by atoms with Crippen molar-refractivity contribution in [3.05, 3.63) is 63.7 Å². The van der Waals surface area contributed by atoms with Gasteiger partial charge in [0.25, 0.3) is 0 Å². The molecule has 0 bridgehead atoms. The molecule has 120 valence electrons. The number of anilines is 1. The molecule has 0 amide bonds. The SMILES string of the molecule is O=[N+]([O-])c1cc(C=NNc2cccc(C(F)(F)F)c2)ccc1O. The van der Waals surface area contributed by atoms with E-state index in [1.54, 1.807) is 0 Å². The number of nitrogens with one attached hydrogen (secondary N) is 1. The summed E-state index contributed by atoms with van der Waals surface area (Å²) in [4.78, 5) is 9.92. The largest absolute Gasteiger partial charge is 0.502 e. The Bertz CT molecular complexity index is 760. The topological polar surface area (TPSA) is 87.8 Å². The number of phenolic OH excluding ortho intramolecular Hbond substituents is 1. The van der Waals surface area contributed by atoms with Gasteiger partial charge in [0, 0.05) is 11.6 Å². The fourth-order valence-electron chi connectivity index (χ4n) is 1.71. The first-order valence-corrected chi connectivity index (χ1v) is 6.21. The number of hydrazone groups is 1. The summed E-state index contributed by atoms with van der Waals surface area (Å²) < 4.78 is 37.7. The molecule has 2 rings (SSSR count). The van der Waals surface area contributed by atoms with E-state index >= 15 is 0 Å². The molecule has 0 aliphatic heterocycles. The zero-order valence-corrected chi connectivity index (χ0v) is 11.4. The van der Waals surface area contributed by atoms with Crippen LogP contribution in [0.4, 0.5) is 24.5 Å². The highest BCUT2D eigenvalue weighted by Crippen LogP contribution is 2.30. The fourth-order valence-corrected chi connectivity index (χ4v) is 1.71. The summed E-state index contributed by atoms with van der Waals surface area (Å²) in [6.07, 6.45) is -3.27. The molecular formula is C14H10F3N3O3. The lowest BCUT2D eigenvalue weighted by Gasteiger charge is -2.08. The van der Waals surface area contributed by atoms with Crippen molar-refractivity contribution in [2.24, 2.45) is 5.10 Å². The van der Waals surface area contributed by atoms with Crippen LogP contribution in [0.2, 0.25) is 0 Å². The van der Waals surface area contributed by atoms with Gasteiger partial charge < -0.3 is 5.11 Å². The third kappa shape index (κ3) is 4.19. The van der Waals surface area contributed by atoms with Crippen LogP contribution in [0.1, 0.15) is 11.1 Å². The Morgan fingerprint density at radius 2 is 1.96 bits per heavy atom. The van der Waals surface area contributed by atoms with Crippen molar-refractivity contribution in [3.8, 4) is 5.75 Å². The third-order valence-electron chi connectivity index (χ3n) is 2.79. The van der Waals surface area contributed by atoms with Crippen LogP contribution in [-0.4, -0.2) is 16.2 Å². The van der Waals surface area contributed by atoms with Gasteiger partial charge >= 0.3 is 11.9 Å². The maximum Gasteiger partial charge on any atom is 0.416 e. The van der Waals surface area contributed by atoms with Gasteiger partial charge in [-0.25, -0.2) is 0 Å². The van der Waals surface area contributed by atoms with Crippen molar-refractivity contribution in [2.45, 2.75) is 6.18 Å². The van der Waals surface area contributed by atoms with Crippen LogP contribution in [0.25, 0.3) is 0 Å². The molecule has 0 saturated heterocycles. The zero-order chi connectivity index (χ0) is 17.0. The van der Waals surface area contributed by atoms with E-state index in [1.807, 2.05) is 0 Å². The maximum atomic E-state index is 12.6. The van der Waals surface area contributed by atoms with Crippen molar-refractivity contribution in [2.75, 3.05) is 5.43 Å². The Balaban J connectivity index is 2.13. The van der Waals surface area contributed by atoms with Crippen LogP contribution in [-0.2, 0) is 6.18 Å². The highest BCUT2D eigenvalue weighted by molar-refractivity contribution is 5.82. The van der Waals surface area contributed by atoms with Gasteiger partial charge in [0.2, 0.25) is 0 Å². The lowest BCUT2D eigenvalue weighted by atomic mass is 10.2. The molecule has 0 aliphatic rings. The predicted molar refractivity (Wildman–Crippen MR) is 77.4 cm³/mol. The average molecular weight is 325 g/mol. The van der Waals surface area contributed by atoms with Crippen molar-refractivity contribution < 1.29 is 23.2 Å². The molecule has 2 aromatic carbocycles. The molecule has 0 radical (unpaired) electrons. The molecule has 2 aromatic rings. The van der Waals surface area contributed by atoms with E-state index in [9.17, 15) is 28.4 Å². The first-order chi connectivity index (χ1) is 10.8. The summed E-state index contributed by atoms with van der Waals surface area (Å²) in [6.45, 7) is 0. The number of nitrogens with zero attached hydrogens (tertiary/aromatic N) is 2. The summed E-state index contributed by atoms with van der Waals surface area (Å²) >= 11 is 0. The van der Waals surface area contributed by atoms with Crippen LogP contribution in [0.3, 0.4) is 0 Å². The highest BCUT2D eigenvalue weighted by atomic mass is 19.4. The van der Waals surface area contributed by atoms with E-state index in [4.69, 9.17) is 0 Å². The molecule has 0 fully saturated rings. The molecule has 0 aliphatic carbocycles. The summed E-state index contributed by atoms with van der Waals surface area (Å²) in [5.74, 6) is -0.488. The number of nitro benzene ring substituents is 1. The Hall–Kier alpha value is -3.10. The Labute approximate surface area is 128 Å². The Morgan fingerprint density at radius 3 is 2.61 bits per heavy atom. The number of halogens is 3. The van der Waals surface area contributed by atoms with Crippen LogP contribution in [0.15, 0.2) is 47.6 Å². The molecule has 6 nitrogen and oxygen atoms in total. The molecule has 2 N–H and O–H groups in total. The lowest BCUT2D eigenvalue weighted by Crippen LogP contribution is -2.05. The van der Waals surface area contributed by atoms with Crippen molar-refractivity contribution in [1.29, 1.82) is 0 Å². The number of nitro groups is 1. The molecule has 0 unspecified atom stereocenters. The minimum atomic E-state index is -4.46. The quantitative estimate of drug-likeness (QED) is 0.509.